The molecule has 6 heteroatoms. The summed E-state index contributed by atoms with van der Waals surface area (Å²) in [7, 11) is 1.52. The van der Waals surface area contributed by atoms with E-state index in [2.05, 4.69) is 6.07 Å². The van der Waals surface area contributed by atoms with Gasteiger partial charge in [0.25, 0.3) is 0 Å². The zero-order valence-corrected chi connectivity index (χ0v) is 18.3. The Morgan fingerprint density at radius 2 is 1.93 bits per heavy atom. The molecular weight excluding hydrogens is 386 g/mol. The number of carbonyl (C=O) groups excluding carboxylic acids is 1. The third kappa shape index (κ3) is 3.94. The Morgan fingerprint density at radius 3 is 2.55 bits per heavy atom. The van der Waals surface area contributed by atoms with Gasteiger partial charge in [-0.2, -0.15) is 0 Å². The normalized spacial score (nSPS) is 12.2. The van der Waals surface area contributed by atoms with Gasteiger partial charge in [-0.1, -0.05) is 6.07 Å². The van der Waals surface area contributed by atoms with Crippen molar-refractivity contribution in [1.82, 2.24) is 4.90 Å². The SMILES string of the molecule is CCN(CC)C(=O)C(C)c1ccc2oc(-c3ccc(O)c(OC)c3)c(SC)c2c1. The predicted octanol–water partition coefficient (Wildman–Crippen LogP) is 5.51. The summed E-state index contributed by atoms with van der Waals surface area (Å²) in [6, 6.07) is 11.1. The van der Waals surface area contributed by atoms with E-state index in [1.54, 1.807) is 23.9 Å². The molecule has 2 aromatic carbocycles. The lowest BCUT2D eigenvalue weighted by Crippen LogP contribution is -2.33. The minimum Gasteiger partial charge on any atom is -0.504 e. The molecule has 1 amide bonds. The van der Waals surface area contributed by atoms with Crippen molar-refractivity contribution < 1.29 is 19.1 Å². The molecule has 0 aliphatic carbocycles. The van der Waals surface area contributed by atoms with Gasteiger partial charge < -0.3 is 19.2 Å². The third-order valence-corrected chi connectivity index (χ3v) is 6.07. The van der Waals surface area contributed by atoms with E-state index in [4.69, 9.17) is 9.15 Å². The molecule has 3 rings (SSSR count). The van der Waals surface area contributed by atoms with Gasteiger partial charge in [0, 0.05) is 24.0 Å². The zero-order chi connectivity index (χ0) is 21.1. The van der Waals surface area contributed by atoms with Crippen LogP contribution in [0.2, 0.25) is 0 Å². The molecular formula is C23H27NO4S. The van der Waals surface area contributed by atoms with Crippen molar-refractivity contribution in [3.8, 4) is 22.8 Å². The largest absolute Gasteiger partial charge is 0.504 e. The fourth-order valence-electron chi connectivity index (χ4n) is 3.53. The average Bonchev–Trinajstić information content (AvgIpc) is 3.12. The number of nitrogens with zero attached hydrogens (tertiary/aromatic N) is 1. The fraction of sp³-hybridized carbons (Fsp3) is 0.348. The predicted molar refractivity (Wildman–Crippen MR) is 118 cm³/mol. The molecule has 1 N–H and O–H groups in total. The second-order valence-electron chi connectivity index (χ2n) is 6.84. The Bertz CT molecular complexity index is 1020. The average molecular weight is 414 g/mol. The number of likely N-dealkylation sites (N-methyl/N-ethyl adjacent to an activating group) is 1. The maximum absolute atomic E-state index is 12.8. The van der Waals surface area contributed by atoms with Crippen LogP contribution in [0.25, 0.3) is 22.3 Å². The molecule has 0 spiro atoms. The summed E-state index contributed by atoms with van der Waals surface area (Å²) in [5.41, 5.74) is 2.57. The zero-order valence-electron chi connectivity index (χ0n) is 17.5. The second kappa shape index (κ2) is 8.82. The molecule has 5 nitrogen and oxygen atoms in total. The van der Waals surface area contributed by atoms with Gasteiger partial charge >= 0.3 is 0 Å². The number of ether oxygens (including phenoxy) is 1. The van der Waals surface area contributed by atoms with Gasteiger partial charge in [-0.05, 0) is 62.9 Å². The van der Waals surface area contributed by atoms with Crippen molar-refractivity contribution in [2.24, 2.45) is 0 Å². The minimum atomic E-state index is -0.221. The fourth-order valence-corrected chi connectivity index (χ4v) is 4.25. The molecule has 0 aliphatic heterocycles. The number of carbonyl (C=O) groups is 1. The summed E-state index contributed by atoms with van der Waals surface area (Å²) in [6.07, 6.45) is 2.00. The van der Waals surface area contributed by atoms with Gasteiger partial charge in [0.2, 0.25) is 5.91 Å². The molecule has 0 fully saturated rings. The molecule has 1 unspecified atom stereocenters. The van der Waals surface area contributed by atoms with Gasteiger partial charge in [-0.15, -0.1) is 11.8 Å². The van der Waals surface area contributed by atoms with Crippen LogP contribution in [0, 0.1) is 0 Å². The summed E-state index contributed by atoms with van der Waals surface area (Å²) in [4.78, 5) is 15.6. The number of furan rings is 1. The summed E-state index contributed by atoms with van der Waals surface area (Å²) in [5, 5.41) is 10.9. The number of hydrogen-bond donors (Lipinski definition) is 1. The Labute approximate surface area is 175 Å². The molecule has 0 saturated heterocycles. The van der Waals surface area contributed by atoms with E-state index in [0.717, 1.165) is 32.8 Å². The van der Waals surface area contributed by atoms with Crippen LogP contribution in [0.5, 0.6) is 11.5 Å². The number of aromatic hydroxyl groups is 1. The van der Waals surface area contributed by atoms with Crippen LogP contribution in [0.4, 0.5) is 0 Å². The van der Waals surface area contributed by atoms with Crippen molar-refractivity contribution in [2.75, 3.05) is 26.5 Å². The number of fused-ring (bicyclic) bond motifs is 1. The highest BCUT2D eigenvalue weighted by atomic mass is 32.2. The van der Waals surface area contributed by atoms with Crippen LogP contribution in [0.15, 0.2) is 45.7 Å². The first-order chi connectivity index (χ1) is 13.9. The lowest BCUT2D eigenvalue weighted by atomic mass is 9.98. The number of phenolic OH excluding ortho intramolecular Hbond substituents is 1. The maximum Gasteiger partial charge on any atom is 0.229 e. The minimum absolute atomic E-state index is 0.0871. The number of thioether (sulfide) groups is 1. The Morgan fingerprint density at radius 1 is 1.21 bits per heavy atom. The number of hydrogen-bond acceptors (Lipinski definition) is 5. The third-order valence-electron chi connectivity index (χ3n) is 5.26. The van der Waals surface area contributed by atoms with Crippen molar-refractivity contribution in [2.45, 2.75) is 31.6 Å². The quantitative estimate of drug-likeness (QED) is 0.518. The lowest BCUT2D eigenvalue weighted by molar-refractivity contribution is -0.132. The van der Waals surface area contributed by atoms with Crippen LogP contribution < -0.4 is 4.74 Å². The molecule has 29 heavy (non-hydrogen) atoms. The molecule has 0 bridgehead atoms. The van der Waals surface area contributed by atoms with Crippen molar-refractivity contribution in [3.63, 3.8) is 0 Å². The van der Waals surface area contributed by atoms with E-state index in [1.807, 2.05) is 50.1 Å². The van der Waals surface area contributed by atoms with Crippen LogP contribution in [0.3, 0.4) is 0 Å². The Balaban J connectivity index is 2.07. The van der Waals surface area contributed by atoms with E-state index in [1.165, 1.54) is 7.11 Å². The topological polar surface area (TPSA) is 62.9 Å². The first-order valence-electron chi connectivity index (χ1n) is 9.71. The first kappa shape index (κ1) is 21.1. The number of methoxy groups -OCH3 is 1. The Hall–Kier alpha value is -2.60. The molecule has 1 aromatic heterocycles. The van der Waals surface area contributed by atoms with E-state index >= 15 is 0 Å². The molecule has 3 aromatic rings. The van der Waals surface area contributed by atoms with E-state index < -0.39 is 0 Å². The number of amides is 1. The smallest absolute Gasteiger partial charge is 0.229 e. The molecule has 0 radical (unpaired) electrons. The summed E-state index contributed by atoms with van der Waals surface area (Å²) in [6.45, 7) is 7.36. The summed E-state index contributed by atoms with van der Waals surface area (Å²) >= 11 is 1.60. The van der Waals surface area contributed by atoms with Gasteiger partial charge in [0.15, 0.2) is 11.5 Å². The van der Waals surface area contributed by atoms with E-state index in [9.17, 15) is 9.90 Å². The summed E-state index contributed by atoms with van der Waals surface area (Å²) in [5.74, 6) is 1.12. The highest BCUT2D eigenvalue weighted by Gasteiger charge is 2.22. The van der Waals surface area contributed by atoms with Gasteiger partial charge in [0.1, 0.15) is 11.3 Å². The van der Waals surface area contributed by atoms with E-state index in [0.29, 0.717) is 18.8 Å². The number of rotatable bonds is 7. The molecule has 0 saturated carbocycles. The number of phenols is 1. The first-order valence-corrected chi connectivity index (χ1v) is 10.9. The Kier molecular flexibility index (Phi) is 6.42. The molecule has 1 atom stereocenters. The standard InChI is InChI=1S/C23H27NO4S/c1-6-24(7-2)23(26)14(3)15-9-11-19-17(12-15)22(29-5)21(28-19)16-8-10-18(25)20(13-16)27-4/h8-14,25H,6-7H2,1-5H3. The van der Waals surface area contributed by atoms with Gasteiger partial charge in [-0.25, -0.2) is 0 Å². The lowest BCUT2D eigenvalue weighted by Gasteiger charge is -2.23. The van der Waals surface area contributed by atoms with Crippen LogP contribution >= 0.6 is 11.8 Å². The maximum atomic E-state index is 12.8. The van der Waals surface area contributed by atoms with Crippen molar-refractivity contribution in [1.29, 1.82) is 0 Å². The van der Waals surface area contributed by atoms with Crippen LogP contribution in [-0.2, 0) is 4.79 Å². The summed E-state index contributed by atoms with van der Waals surface area (Å²) < 4.78 is 11.4. The molecule has 1 heterocycles. The van der Waals surface area contributed by atoms with Gasteiger partial charge in [-0.3, -0.25) is 4.79 Å². The van der Waals surface area contributed by atoms with Crippen molar-refractivity contribution in [3.05, 3.63) is 42.0 Å². The van der Waals surface area contributed by atoms with E-state index in [-0.39, 0.29) is 17.6 Å². The second-order valence-corrected chi connectivity index (χ2v) is 7.66. The van der Waals surface area contributed by atoms with Crippen LogP contribution in [0.1, 0.15) is 32.3 Å². The molecule has 0 aliphatic rings. The number of benzene rings is 2. The molecule has 154 valence electrons. The highest BCUT2D eigenvalue weighted by molar-refractivity contribution is 7.99. The van der Waals surface area contributed by atoms with Crippen molar-refractivity contribution >= 4 is 28.6 Å². The van der Waals surface area contributed by atoms with Gasteiger partial charge in [0.05, 0.1) is 17.9 Å². The highest BCUT2D eigenvalue weighted by Crippen LogP contribution is 2.42. The van der Waals surface area contributed by atoms with Crippen LogP contribution in [-0.4, -0.2) is 42.4 Å². The monoisotopic (exact) mass is 413 g/mol.